The van der Waals surface area contributed by atoms with Crippen molar-refractivity contribution in [1.29, 1.82) is 0 Å². The summed E-state index contributed by atoms with van der Waals surface area (Å²) in [5.41, 5.74) is 4.48. The van der Waals surface area contributed by atoms with E-state index in [9.17, 15) is 19.0 Å². The number of anilines is 2. The highest BCUT2D eigenvalue weighted by molar-refractivity contribution is 9.10. The van der Waals surface area contributed by atoms with E-state index in [1.54, 1.807) is 12.1 Å². The van der Waals surface area contributed by atoms with E-state index in [0.717, 1.165) is 22.5 Å². The lowest BCUT2D eigenvalue weighted by Gasteiger charge is -2.14. The Morgan fingerprint density at radius 1 is 0.658 bits per heavy atom. The van der Waals surface area contributed by atoms with Gasteiger partial charge in [0.05, 0.1) is 23.2 Å². The number of aromatic hydroxyl groups is 2. The van der Waals surface area contributed by atoms with Gasteiger partial charge in [0.25, 0.3) is 0 Å². The number of rotatable bonds is 2. The molecule has 0 amide bonds. The molecule has 0 aliphatic carbocycles. The van der Waals surface area contributed by atoms with E-state index in [1.807, 2.05) is 24.3 Å². The molecule has 0 bridgehead atoms. The first-order chi connectivity index (χ1) is 18.1. The first kappa shape index (κ1) is 27.1. The van der Waals surface area contributed by atoms with Gasteiger partial charge < -0.3 is 20.8 Å². The molecule has 2 unspecified atom stereocenters. The van der Waals surface area contributed by atoms with E-state index in [0.29, 0.717) is 31.8 Å². The van der Waals surface area contributed by atoms with Gasteiger partial charge in [0.1, 0.15) is 23.1 Å². The third-order valence-electron chi connectivity index (χ3n) is 6.48. The molecule has 6 rings (SSSR count). The third-order valence-corrected chi connectivity index (χ3v) is 7.87. The van der Waals surface area contributed by atoms with Crippen LogP contribution in [-0.2, 0) is 12.8 Å². The van der Waals surface area contributed by atoms with Gasteiger partial charge in [-0.2, -0.15) is 0 Å². The predicted molar refractivity (Wildman–Crippen MR) is 155 cm³/mol. The van der Waals surface area contributed by atoms with Gasteiger partial charge in [0, 0.05) is 30.4 Å². The van der Waals surface area contributed by atoms with Crippen molar-refractivity contribution in [3.05, 3.63) is 114 Å². The van der Waals surface area contributed by atoms with Gasteiger partial charge >= 0.3 is 0 Å². The van der Waals surface area contributed by atoms with Crippen molar-refractivity contribution >= 4 is 66.4 Å². The summed E-state index contributed by atoms with van der Waals surface area (Å²) in [6.07, 6.45) is 1.20. The smallest absolute Gasteiger partial charge is 0.133 e. The minimum atomic E-state index is -0.428. The highest BCUT2D eigenvalue weighted by atomic mass is 79.9. The first-order valence-electron chi connectivity index (χ1n) is 11.5. The molecule has 196 valence electrons. The van der Waals surface area contributed by atoms with E-state index >= 15 is 0 Å². The molecule has 0 aromatic heterocycles. The summed E-state index contributed by atoms with van der Waals surface area (Å²) in [4.78, 5) is 0. The van der Waals surface area contributed by atoms with Crippen LogP contribution in [0.3, 0.4) is 0 Å². The predicted octanol–water partition coefficient (Wildman–Crippen LogP) is 9.31. The number of hydrogen-bond acceptors (Lipinski definition) is 4. The molecule has 2 heterocycles. The van der Waals surface area contributed by atoms with Gasteiger partial charge in [0.2, 0.25) is 0 Å². The van der Waals surface area contributed by atoms with Gasteiger partial charge in [-0.05, 0) is 84.6 Å². The maximum atomic E-state index is 14.0. The Balaban J connectivity index is 0.000000155. The second kappa shape index (κ2) is 10.9. The van der Waals surface area contributed by atoms with Crippen LogP contribution >= 0.6 is 55.1 Å². The first-order valence-corrected chi connectivity index (χ1v) is 13.9. The Morgan fingerprint density at radius 2 is 1.05 bits per heavy atom. The summed E-state index contributed by atoms with van der Waals surface area (Å²) in [5.74, 6) is -0.960. The van der Waals surface area contributed by atoms with E-state index in [2.05, 4.69) is 42.5 Å². The summed E-state index contributed by atoms with van der Waals surface area (Å²) < 4.78 is 29.1. The SMILES string of the molecule is Oc1cc(Br)cc(F)c1C1Cc2cc(Cl)ccc2N1.Oc1cc(Br)cc(F)c1C1Cc2cc(Cl)ccc2N1. The molecule has 0 fully saturated rings. The molecule has 2 atom stereocenters. The average molecular weight is 685 g/mol. The fourth-order valence-electron chi connectivity index (χ4n) is 4.84. The number of hydrogen-bond donors (Lipinski definition) is 4. The summed E-state index contributed by atoms with van der Waals surface area (Å²) in [6.45, 7) is 0. The van der Waals surface area contributed by atoms with Crippen LogP contribution in [0.5, 0.6) is 11.5 Å². The van der Waals surface area contributed by atoms with Crippen molar-refractivity contribution in [1.82, 2.24) is 0 Å². The highest BCUT2D eigenvalue weighted by Crippen LogP contribution is 2.42. The molecular formula is C28H20Br2Cl2F2N2O2. The van der Waals surface area contributed by atoms with Crippen LogP contribution in [0.1, 0.15) is 34.3 Å². The van der Waals surface area contributed by atoms with Gasteiger partial charge in [-0.1, -0.05) is 55.1 Å². The van der Waals surface area contributed by atoms with E-state index in [-0.39, 0.29) is 34.7 Å². The number of phenols is 2. The normalized spacial score (nSPS) is 17.1. The van der Waals surface area contributed by atoms with Crippen molar-refractivity contribution in [2.45, 2.75) is 24.9 Å². The van der Waals surface area contributed by atoms with Crippen LogP contribution < -0.4 is 10.6 Å². The number of fused-ring (bicyclic) bond motifs is 2. The third kappa shape index (κ3) is 5.59. The number of benzene rings is 4. The van der Waals surface area contributed by atoms with Crippen LogP contribution in [-0.4, -0.2) is 10.2 Å². The number of phenolic OH excluding ortho intramolecular Hbond substituents is 2. The van der Waals surface area contributed by atoms with Gasteiger partial charge in [-0.15, -0.1) is 0 Å². The molecule has 4 nitrogen and oxygen atoms in total. The van der Waals surface area contributed by atoms with Crippen LogP contribution in [0.15, 0.2) is 69.6 Å². The summed E-state index contributed by atoms with van der Waals surface area (Å²) in [6, 6.07) is 16.2. The molecule has 38 heavy (non-hydrogen) atoms. The molecule has 4 aromatic rings. The van der Waals surface area contributed by atoms with Crippen LogP contribution in [0, 0.1) is 11.6 Å². The molecule has 0 radical (unpaired) electrons. The zero-order chi connectivity index (χ0) is 27.1. The summed E-state index contributed by atoms with van der Waals surface area (Å²) in [7, 11) is 0. The molecule has 10 heteroatoms. The Kier molecular flexibility index (Phi) is 7.78. The fourth-order valence-corrected chi connectivity index (χ4v) is 6.07. The quantitative estimate of drug-likeness (QED) is 0.170. The van der Waals surface area contributed by atoms with Crippen molar-refractivity contribution in [2.75, 3.05) is 10.6 Å². The largest absolute Gasteiger partial charge is 0.507 e. The maximum Gasteiger partial charge on any atom is 0.133 e. The summed E-state index contributed by atoms with van der Waals surface area (Å²) in [5, 5.41) is 27.6. The highest BCUT2D eigenvalue weighted by Gasteiger charge is 2.28. The molecule has 4 aromatic carbocycles. The van der Waals surface area contributed by atoms with Crippen molar-refractivity contribution in [3.8, 4) is 11.5 Å². The van der Waals surface area contributed by atoms with E-state index < -0.39 is 11.6 Å². The average Bonchev–Trinajstić information content (AvgIpc) is 3.41. The topological polar surface area (TPSA) is 64.5 Å². The number of halogens is 6. The summed E-state index contributed by atoms with van der Waals surface area (Å²) >= 11 is 18.2. The Labute approximate surface area is 244 Å². The zero-order valence-corrected chi connectivity index (χ0v) is 24.2. The second-order valence-corrected chi connectivity index (χ2v) is 11.8. The molecule has 2 aliphatic heterocycles. The lowest BCUT2D eigenvalue weighted by atomic mass is 10.0. The molecule has 0 spiro atoms. The maximum absolute atomic E-state index is 14.0. The standard InChI is InChI=1S/2C14H10BrClFNO/c2*15-8-5-10(17)14(13(19)6-8)12-4-7-3-9(16)1-2-11(7)18-12/h2*1-3,5-6,12,18-19H,4H2. The van der Waals surface area contributed by atoms with Crippen molar-refractivity contribution in [2.24, 2.45) is 0 Å². The Hall–Kier alpha value is -2.52. The van der Waals surface area contributed by atoms with Crippen LogP contribution in [0.2, 0.25) is 10.0 Å². The number of nitrogens with one attached hydrogen (secondary N) is 2. The minimum absolute atomic E-state index is 0.0525. The fraction of sp³-hybridized carbons (Fsp3) is 0.143. The molecule has 0 saturated carbocycles. The molecule has 4 N–H and O–H groups in total. The van der Waals surface area contributed by atoms with Crippen molar-refractivity contribution in [3.63, 3.8) is 0 Å². The Bertz CT molecular complexity index is 1390. The van der Waals surface area contributed by atoms with E-state index in [4.69, 9.17) is 23.2 Å². The van der Waals surface area contributed by atoms with Gasteiger partial charge in [-0.3, -0.25) is 0 Å². The van der Waals surface area contributed by atoms with Crippen molar-refractivity contribution < 1.29 is 19.0 Å². The van der Waals surface area contributed by atoms with Crippen LogP contribution in [0.4, 0.5) is 20.2 Å². The lowest BCUT2D eigenvalue weighted by molar-refractivity contribution is 0.452. The molecule has 0 saturated heterocycles. The Morgan fingerprint density at radius 3 is 1.42 bits per heavy atom. The van der Waals surface area contributed by atoms with E-state index in [1.165, 1.54) is 24.3 Å². The zero-order valence-electron chi connectivity index (χ0n) is 19.5. The van der Waals surface area contributed by atoms with Gasteiger partial charge in [0.15, 0.2) is 0 Å². The minimum Gasteiger partial charge on any atom is -0.507 e. The molecular weight excluding hydrogens is 665 g/mol. The second-order valence-electron chi connectivity index (χ2n) is 9.05. The molecule has 2 aliphatic rings. The van der Waals surface area contributed by atoms with Crippen LogP contribution in [0.25, 0.3) is 0 Å². The lowest BCUT2D eigenvalue weighted by Crippen LogP contribution is -2.08. The monoisotopic (exact) mass is 682 g/mol. The van der Waals surface area contributed by atoms with Gasteiger partial charge in [-0.25, -0.2) is 8.78 Å².